The van der Waals surface area contributed by atoms with Crippen molar-refractivity contribution in [3.05, 3.63) is 94.0 Å². The van der Waals surface area contributed by atoms with Crippen molar-refractivity contribution >= 4 is 27.9 Å². The van der Waals surface area contributed by atoms with E-state index in [2.05, 4.69) is 48.8 Å². The number of carboxylic acids is 2. The Hall–Kier alpha value is -3.91. The summed E-state index contributed by atoms with van der Waals surface area (Å²) in [7, 11) is 0. The van der Waals surface area contributed by atoms with Crippen LogP contribution in [0.1, 0.15) is 43.9 Å². The van der Waals surface area contributed by atoms with Crippen molar-refractivity contribution < 1.29 is 24.5 Å². The number of aromatic nitrogens is 2. The first-order valence-corrected chi connectivity index (χ1v) is 13.9. The number of carboxylic acid groups (broad SMARTS) is 2. The van der Waals surface area contributed by atoms with Gasteiger partial charge in [-0.2, -0.15) is 5.10 Å². The minimum atomic E-state index is -1.08. The van der Waals surface area contributed by atoms with Gasteiger partial charge in [0.05, 0.1) is 11.4 Å². The lowest BCUT2D eigenvalue weighted by Crippen LogP contribution is -2.13. The van der Waals surface area contributed by atoms with Gasteiger partial charge >= 0.3 is 11.9 Å². The number of nitrogens with zero attached hydrogens (tertiary/aromatic N) is 2. The number of aliphatic carboxylic acids is 2. The van der Waals surface area contributed by atoms with Gasteiger partial charge in [-0.25, -0.2) is 4.79 Å². The number of benzene rings is 3. The molecule has 40 heavy (non-hydrogen) atoms. The van der Waals surface area contributed by atoms with E-state index in [0.29, 0.717) is 23.6 Å². The highest BCUT2D eigenvalue weighted by Crippen LogP contribution is 2.40. The molecule has 0 aliphatic heterocycles. The Morgan fingerprint density at radius 2 is 1.62 bits per heavy atom. The molecule has 0 amide bonds. The highest BCUT2D eigenvalue weighted by atomic mass is 79.9. The Morgan fingerprint density at radius 3 is 2.25 bits per heavy atom. The van der Waals surface area contributed by atoms with Crippen LogP contribution in [-0.4, -0.2) is 38.5 Å². The summed E-state index contributed by atoms with van der Waals surface area (Å²) in [6, 6.07) is 23.7. The topological polar surface area (TPSA) is 102 Å². The first-order chi connectivity index (χ1) is 19.0. The van der Waals surface area contributed by atoms with Gasteiger partial charge in [0.15, 0.2) is 6.61 Å². The SMILES string of the molecule is CC(C)(C)c1ccc(OCC(=O)O)c(-c2nn(CCc3ccccc3)c(-c3ccc(Br)cc3)c2CCC(=O)O)c1. The van der Waals surface area contributed by atoms with Crippen molar-refractivity contribution in [1.82, 2.24) is 9.78 Å². The fraction of sp³-hybridized carbons (Fsp3) is 0.281. The van der Waals surface area contributed by atoms with E-state index in [-0.39, 0.29) is 18.3 Å². The molecule has 2 N–H and O–H groups in total. The van der Waals surface area contributed by atoms with Gasteiger partial charge in [-0.05, 0) is 53.6 Å². The standard InChI is InChI=1S/C32H33BrN2O5/c1-32(2,3)23-11-15-27(40-20-29(38)39)26(19-23)30-25(14-16-28(36)37)31(22-9-12-24(33)13-10-22)35(34-30)18-17-21-7-5-4-6-8-21/h4-13,15,19H,14,16-18,20H2,1-3H3,(H,36,37)(H,38,39). The second-order valence-corrected chi connectivity index (χ2v) is 11.6. The molecule has 0 aliphatic carbocycles. The molecule has 0 saturated carbocycles. The van der Waals surface area contributed by atoms with Crippen molar-refractivity contribution in [2.45, 2.75) is 52.0 Å². The first kappa shape index (κ1) is 29.1. The number of aryl methyl sites for hydroxylation is 2. The van der Waals surface area contributed by atoms with Crippen molar-refractivity contribution in [2.24, 2.45) is 0 Å². The van der Waals surface area contributed by atoms with Gasteiger partial charge in [-0.3, -0.25) is 9.48 Å². The third-order valence-corrected chi connectivity index (χ3v) is 7.19. The second kappa shape index (κ2) is 12.5. The highest BCUT2D eigenvalue weighted by Gasteiger charge is 2.25. The van der Waals surface area contributed by atoms with Crippen LogP contribution < -0.4 is 4.74 Å². The van der Waals surface area contributed by atoms with Crippen LogP contribution in [0.5, 0.6) is 5.75 Å². The lowest BCUT2D eigenvalue weighted by molar-refractivity contribution is -0.139. The number of ether oxygens (including phenoxy) is 1. The molecule has 208 valence electrons. The predicted molar refractivity (Wildman–Crippen MR) is 159 cm³/mol. The summed E-state index contributed by atoms with van der Waals surface area (Å²) in [5.74, 6) is -1.60. The maximum atomic E-state index is 11.7. The molecule has 0 aliphatic rings. The zero-order chi connectivity index (χ0) is 28.9. The molecular formula is C32H33BrN2O5. The molecular weight excluding hydrogens is 572 g/mol. The minimum Gasteiger partial charge on any atom is -0.481 e. The van der Waals surface area contributed by atoms with Crippen molar-refractivity contribution in [1.29, 1.82) is 0 Å². The molecule has 0 radical (unpaired) electrons. The number of hydrogen-bond donors (Lipinski definition) is 2. The zero-order valence-corrected chi connectivity index (χ0v) is 24.4. The van der Waals surface area contributed by atoms with Crippen LogP contribution >= 0.6 is 15.9 Å². The Bertz CT molecular complexity index is 1490. The molecule has 7 nitrogen and oxygen atoms in total. The maximum Gasteiger partial charge on any atom is 0.341 e. The van der Waals surface area contributed by atoms with Crippen LogP contribution in [0, 0.1) is 0 Å². The summed E-state index contributed by atoms with van der Waals surface area (Å²) >= 11 is 3.51. The molecule has 1 aromatic heterocycles. The van der Waals surface area contributed by atoms with Gasteiger partial charge in [0.2, 0.25) is 0 Å². The summed E-state index contributed by atoms with van der Waals surface area (Å²) in [5.41, 5.74) is 5.77. The Kier molecular flexibility index (Phi) is 9.10. The van der Waals surface area contributed by atoms with E-state index < -0.39 is 18.5 Å². The first-order valence-electron chi connectivity index (χ1n) is 13.1. The van der Waals surface area contributed by atoms with Crippen LogP contribution in [0.3, 0.4) is 0 Å². The van der Waals surface area contributed by atoms with Crippen LogP contribution in [0.2, 0.25) is 0 Å². The van der Waals surface area contributed by atoms with Gasteiger partial charge in [-0.15, -0.1) is 0 Å². The minimum absolute atomic E-state index is 0.0782. The summed E-state index contributed by atoms with van der Waals surface area (Å²) in [5, 5.41) is 24.0. The molecule has 0 fully saturated rings. The smallest absolute Gasteiger partial charge is 0.341 e. The van der Waals surface area contributed by atoms with Crippen LogP contribution in [-0.2, 0) is 34.4 Å². The maximum absolute atomic E-state index is 11.7. The molecule has 8 heteroatoms. The van der Waals surface area contributed by atoms with E-state index >= 15 is 0 Å². The summed E-state index contributed by atoms with van der Waals surface area (Å²) in [6.45, 7) is 6.36. The fourth-order valence-electron chi connectivity index (χ4n) is 4.60. The zero-order valence-electron chi connectivity index (χ0n) is 22.9. The normalized spacial score (nSPS) is 11.4. The summed E-state index contributed by atoms with van der Waals surface area (Å²) in [6.07, 6.45) is 0.902. The molecule has 0 saturated heterocycles. The van der Waals surface area contributed by atoms with E-state index in [1.807, 2.05) is 59.3 Å². The Morgan fingerprint density at radius 1 is 0.925 bits per heavy atom. The molecule has 4 aromatic rings. The van der Waals surface area contributed by atoms with Crippen molar-refractivity contribution in [3.8, 4) is 28.3 Å². The Balaban J connectivity index is 1.95. The van der Waals surface area contributed by atoms with Gasteiger partial charge in [-0.1, -0.05) is 85.2 Å². The van der Waals surface area contributed by atoms with Crippen LogP contribution in [0.4, 0.5) is 0 Å². The van der Waals surface area contributed by atoms with Gasteiger partial charge < -0.3 is 14.9 Å². The third-order valence-electron chi connectivity index (χ3n) is 6.66. The van der Waals surface area contributed by atoms with E-state index in [9.17, 15) is 19.8 Å². The van der Waals surface area contributed by atoms with E-state index in [0.717, 1.165) is 38.8 Å². The molecule has 0 bridgehead atoms. The van der Waals surface area contributed by atoms with E-state index in [4.69, 9.17) is 9.84 Å². The number of rotatable bonds is 11. The number of carbonyl (C=O) groups is 2. The molecule has 3 aromatic carbocycles. The lowest BCUT2D eigenvalue weighted by Gasteiger charge is -2.21. The Labute approximate surface area is 242 Å². The molecule has 0 atom stereocenters. The highest BCUT2D eigenvalue weighted by molar-refractivity contribution is 9.10. The van der Waals surface area contributed by atoms with Crippen molar-refractivity contribution in [2.75, 3.05) is 6.61 Å². The second-order valence-electron chi connectivity index (χ2n) is 10.7. The number of halogens is 1. The average Bonchev–Trinajstić information content (AvgIpc) is 3.28. The molecule has 4 rings (SSSR count). The summed E-state index contributed by atoms with van der Waals surface area (Å²) < 4.78 is 8.60. The summed E-state index contributed by atoms with van der Waals surface area (Å²) in [4.78, 5) is 23.1. The molecule has 0 spiro atoms. The van der Waals surface area contributed by atoms with Gasteiger partial charge in [0.25, 0.3) is 0 Å². The molecule has 1 heterocycles. The largest absolute Gasteiger partial charge is 0.481 e. The third kappa shape index (κ3) is 7.18. The fourth-order valence-corrected chi connectivity index (χ4v) is 4.87. The van der Waals surface area contributed by atoms with Gasteiger partial charge in [0, 0.05) is 34.1 Å². The number of hydrogen-bond acceptors (Lipinski definition) is 4. The predicted octanol–water partition coefficient (Wildman–Crippen LogP) is 7.00. The monoisotopic (exact) mass is 604 g/mol. The average molecular weight is 606 g/mol. The molecule has 0 unspecified atom stereocenters. The van der Waals surface area contributed by atoms with Gasteiger partial charge in [0.1, 0.15) is 5.75 Å². The van der Waals surface area contributed by atoms with Crippen LogP contribution in [0.25, 0.3) is 22.5 Å². The lowest BCUT2D eigenvalue weighted by atomic mass is 9.85. The van der Waals surface area contributed by atoms with E-state index in [1.54, 1.807) is 6.07 Å². The van der Waals surface area contributed by atoms with Crippen molar-refractivity contribution in [3.63, 3.8) is 0 Å². The quantitative estimate of drug-likeness (QED) is 0.191. The van der Waals surface area contributed by atoms with E-state index in [1.165, 1.54) is 0 Å². The van der Waals surface area contributed by atoms with Crippen LogP contribution in [0.15, 0.2) is 77.3 Å².